The number of carbonyl (C=O) groups is 1. The summed E-state index contributed by atoms with van der Waals surface area (Å²) in [6.45, 7) is 8.60. The second-order valence-electron chi connectivity index (χ2n) is 7.90. The minimum atomic E-state index is -0.0621. The van der Waals surface area contributed by atoms with Gasteiger partial charge in [-0.3, -0.25) is 4.79 Å². The number of anilines is 1. The van der Waals surface area contributed by atoms with Crippen LogP contribution in [0.3, 0.4) is 0 Å². The summed E-state index contributed by atoms with van der Waals surface area (Å²) in [5.41, 5.74) is 4.37. The summed E-state index contributed by atoms with van der Waals surface area (Å²) in [6.07, 6.45) is 0. The van der Waals surface area contributed by atoms with Crippen molar-refractivity contribution in [3.63, 3.8) is 0 Å². The molecule has 1 heterocycles. The number of hydrogen-bond donors (Lipinski definition) is 1. The third kappa shape index (κ3) is 4.81. The van der Waals surface area contributed by atoms with Crippen LogP contribution >= 0.6 is 11.8 Å². The molecular formula is C22H26N4OS. The zero-order chi connectivity index (χ0) is 20.3. The van der Waals surface area contributed by atoms with Gasteiger partial charge in [-0.2, -0.15) is 0 Å². The number of aryl methyl sites for hydroxylation is 1. The van der Waals surface area contributed by atoms with E-state index in [4.69, 9.17) is 0 Å². The Morgan fingerprint density at radius 2 is 1.68 bits per heavy atom. The Morgan fingerprint density at radius 3 is 2.29 bits per heavy atom. The maximum absolute atomic E-state index is 12.2. The van der Waals surface area contributed by atoms with Crippen molar-refractivity contribution in [3.8, 4) is 11.4 Å². The highest BCUT2D eigenvalue weighted by Crippen LogP contribution is 2.27. The van der Waals surface area contributed by atoms with Crippen LogP contribution in [0.15, 0.2) is 53.7 Å². The molecule has 0 unspecified atom stereocenters. The van der Waals surface area contributed by atoms with Gasteiger partial charge in [0.15, 0.2) is 11.0 Å². The normalized spacial score (nSPS) is 11.5. The molecule has 0 radical (unpaired) electrons. The molecule has 0 aliphatic heterocycles. The van der Waals surface area contributed by atoms with Gasteiger partial charge < -0.3 is 9.88 Å². The van der Waals surface area contributed by atoms with Crippen molar-refractivity contribution < 1.29 is 4.79 Å². The molecule has 1 N–H and O–H groups in total. The Morgan fingerprint density at radius 1 is 1.04 bits per heavy atom. The number of benzene rings is 2. The maximum atomic E-state index is 12.2. The standard InChI is InChI=1S/C22H26N4OS/c1-15-6-12-18(13-7-15)23-19(27)14-28-21-25-24-20(26(21)5)16-8-10-17(11-9-16)22(2,3)4/h6-13H,14H2,1-5H3,(H,23,27). The maximum Gasteiger partial charge on any atom is 0.234 e. The average molecular weight is 395 g/mol. The molecule has 0 atom stereocenters. The lowest BCUT2D eigenvalue weighted by Crippen LogP contribution is -2.14. The van der Waals surface area contributed by atoms with Crippen LogP contribution < -0.4 is 5.32 Å². The van der Waals surface area contributed by atoms with Crippen molar-refractivity contribution in [1.82, 2.24) is 14.8 Å². The van der Waals surface area contributed by atoms with E-state index in [0.29, 0.717) is 5.16 Å². The lowest BCUT2D eigenvalue weighted by Gasteiger charge is -2.19. The van der Waals surface area contributed by atoms with Gasteiger partial charge in [0.05, 0.1) is 5.75 Å². The van der Waals surface area contributed by atoms with E-state index < -0.39 is 0 Å². The van der Waals surface area contributed by atoms with Crippen LogP contribution in [-0.2, 0) is 17.3 Å². The summed E-state index contributed by atoms with van der Waals surface area (Å²) in [4.78, 5) is 12.2. The Kier molecular flexibility index (Phi) is 5.89. The molecular weight excluding hydrogens is 368 g/mol. The van der Waals surface area contributed by atoms with Crippen LogP contribution in [-0.4, -0.2) is 26.4 Å². The minimum absolute atomic E-state index is 0.0621. The van der Waals surface area contributed by atoms with Crippen molar-refractivity contribution in [2.24, 2.45) is 7.05 Å². The van der Waals surface area contributed by atoms with Gasteiger partial charge in [-0.25, -0.2) is 0 Å². The molecule has 0 spiro atoms. The molecule has 5 nitrogen and oxygen atoms in total. The van der Waals surface area contributed by atoms with Crippen molar-refractivity contribution in [2.45, 2.75) is 38.3 Å². The van der Waals surface area contributed by atoms with Gasteiger partial charge in [0.25, 0.3) is 0 Å². The molecule has 3 rings (SSSR count). The number of hydrogen-bond acceptors (Lipinski definition) is 4. The number of aromatic nitrogens is 3. The van der Waals surface area contributed by atoms with Crippen molar-refractivity contribution in [2.75, 3.05) is 11.1 Å². The van der Waals surface area contributed by atoms with Crippen LogP contribution in [0.5, 0.6) is 0 Å². The Balaban J connectivity index is 1.64. The van der Waals surface area contributed by atoms with E-state index in [9.17, 15) is 4.79 Å². The Labute approximate surface area is 170 Å². The van der Waals surface area contributed by atoms with Gasteiger partial charge >= 0.3 is 0 Å². The predicted molar refractivity (Wildman–Crippen MR) is 116 cm³/mol. The zero-order valence-electron chi connectivity index (χ0n) is 17.0. The molecule has 0 saturated carbocycles. The summed E-state index contributed by atoms with van der Waals surface area (Å²) in [5.74, 6) is 1.01. The Hall–Kier alpha value is -2.60. The minimum Gasteiger partial charge on any atom is -0.325 e. The lowest BCUT2D eigenvalue weighted by atomic mass is 9.87. The van der Waals surface area contributed by atoms with E-state index in [-0.39, 0.29) is 17.1 Å². The van der Waals surface area contributed by atoms with Crippen molar-refractivity contribution in [3.05, 3.63) is 59.7 Å². The molecule has 0 bridgehead atoms. The molecule has 1 aromatic heterocycles. The number of thioether (sulfide) groups is 1. The van der Waals surface area contributed by atoms with E-state index in [1.165, 1.54) is 17.3 Å². The quantitative estimate of drug-likeness (QED) is 0.630. The van der Waals surface area contributed by atoms with Gasteiger partial charge in [-0.15, -0.1) is 10.2 Å². The molecule has 0 fully saturated rings. The number of carbonyl (C=O) groups excluding carboxylic acids is 1. The van der Waals surface area contributed by atoms with Crippen LogP contribution in [0.1, 0.15) is 31.9 Å². The highest BCUT2D eigenvalue weighted by atomic mass is 32.2. The van der Waals surface area contributed by atoms with E-state index in [0.717, 1.165) is 22.6 Å². The smallest absolute Gasteiger partial charge is 0.234 e. The third-order valence-corrected chi connectivity index (χ3v) is 5.53. The molecule has 2 aromatic carbocycles. The molecule has 28 heavy (non-hydrogen) atoms. The molecule has 0 saturated heterocycles. The van der Waals surface area contributed by atoms with Gasteiger partial charge in [0.2, 0.25) is 5.91 Å². The second kappa shape index (κ2) is 8.19. The highest BCUT2D eigenvalue weighted by molar-refractivity contribution is 7.99. The fraction of sp³-hybridized carbons (Fsp3) is 0.318. The van der Waals surface area contributed by atoms with Crippen molar-refractivity contribution in [1.29, 1.82) is 0 Å². The number of nitrogens with one attached hydrogen (secondary N) is 1. The van der Waals surface area contributed by atoms with E-state index in [2.05, 4.69) is 60.6 Å². The molecule has 6 heteroatoms. The Bertz CT molecular complexity index is 954. The highest BCUT2D eigenvalue weighted by Gasteiger charge is 2.16. The van der Waals surface area contributed by atoms with Crippen LogP contribution in [0, 0.1) is 6.92 Å². The molecule has 3 aromatic rings. The van der Waals surface area contributed by atoms with Crippen LogP contribution in [0.4, 0.5) is 5.69 Å². The summed E-state index contributed by atoms with van der Waals surface area (Å²) < 4.78 is 1.93. The summed E-state index contributed by atoms with van der Waals surface area (Å²) in [7, 11) is 1.92. The largest absolute Gasteiger partial charge is 0.325 e. The summed E-state index contributed by atoms with van der Waals surface area (Å²) in [5, 5.41) is 12.2. The van der Waals surface area contributed by atoms with Crippen molar-refractivity contribution >= 4 is 23.4 Å². The SMILES string of the molecule is Cc1ccc(NC(=O)CSc2nnc(-c3ccc(C(C)(C)C)cc3)n2C)cc1. The first kappa shape index (κ1) is 20.1. The zero-order valence-corrected chi connectivity index (χ0v) is 17.8. The van der Waals surface area contributed by atoms with E-state index in [1.54, 1.807) is 0 Å². The summed E-state index contributed by atoms with van der Waals surface area (Å²) >= 11 is 1.38. The molecule has 146 valence electrons. The molecule has 0 aliphatic rings. The molecule has 0 aliphatic carbocycles. The monoisotopic (exact) mass is 394 g/mol. The van der Waals surface area contributed by atoms with Gasteiger partial charge in [-0.1, -0.05) is 74.5 Å². The van der Waals surface area contributed by atoms with Crippen LogP contribution in [0.25, 0.3) is 11.4 Å². The first-order valence-electron chi connectivity index (χ1n) is 9.23. The summed E-state index contributed by atoms with van der Waals surface area (Å²) in [6, 6.07) is 16.2. The molecule has 1 amide bonds. The van der Waals surface area contributed by atoms with Gasteiger partial charge in [-0.05, 0) is 30.0 Å². The number of nitrogens with zero attached hydrogens (tertiary/aromatic N) is 3. The van der Waals surface area contributed by atoms with Crippen LogP contribution in [0.2, 0.25) is 0 Å². The second-order valence-corrected chi connectivity index (χ2v) is 8.84. The van der Waals surface area contributed by atoms with Gasteiger partial charge in [0, 0.05) is 18.3 Å². The van der Waals surface area contributed by atoms with Gasteiger partial charge in [0.1, 0.15) is 0 Å². The first-order valence-corrected chi connectivity index (χ1v) is 10.2. The topological polar surface area (TPSA) is 59.8 Å². The van der Waals surface area contributed by atoms with E-state index >= 15 is 0 Å². The first-order chi connectivity index (χ1) is 13.2. The average Bonchev–Trinajstić information content (AvgIpc) is 3.02. The fourth-order valence-corrected chi connectivity index (χ4v) is 3.49. The predicted octanol–water partition coefficient (Wildman–Crippen LogP) is 4.82. The van der Waals surface area contributed by atoms with E-state index in [1.807, 2.05) is 42.8 Å². The fourth-order valence-electron chi connectivity index (χ4n) is 2.78. The lowest BCUT2D eigenvalue weighted by molar-refractivity contribution is -0.113. The number of rotatable bonds is 5. The number of amides is 1. The third-order valence-electron chi connectivity index (χ3n) is 4.51.